The Hall–Kier alpha value is -1.99. The van der Waals surface area contributed by atoms with E-state index in [-0.39, 0.29) is 23.5 Å². The van der Waals surface area contributed by atoms with Crippen LogP contribution in [-0.4, -0.2) is 41.4 Å². The van der Waals surface area contributed by atoms with Crippen molar-refractivity contribution in [3.8, 4) is 0 Å². The number of nitrogens with two attached hydrogens (primary N) is 1. The van der Waals surface area contributed by atoms with E-state index in [1.165, 1.54) is 17.3 Å². The van der Waals surface area contributed by atoms with Crippen LogP contribution in [0.5, 0.6) is 0 Å². The lowest BCUT2D eigenvalue weighted by Crippen LogP contribution is -2.35. The molecule has 106 valence electrons. The van der Waals surface area contributed by atoms with Crippen molar-refractivity contribution < 1.29 is 4.79 Å². The molecule has 0 spiro atoms. The van der Waals surface area contributed by atoms with Crippen LogP contribution in [0.2, 0.25) is 0 Å². The third-order valence-corrected chi connectivity index (χ3v) is 3.87. The summed E-state index contributed by atoms with van der Waals surface area (Å²) in [6, 6.07) is 4.17. The molecule has 2 aromatic rings. The summed E-state index contributed by atoms with van der Waals surface area (Å²) in [6.45, 7) is 0.488. The van der Waals surface area contributed by atoms with Crippen molar-refractivity contribution in [1.82, 2.24) is 20.2 Å². The van der Waals surface area contributed by atoms with E-state index in [1.54, 1.807) is 11.3 Å². The van der Waals surface area contributed by atoms with Gasteiger partial charge in [0.05, 0.1) is 6.04 Å². The van der Waals surface area contributed by atoms with Gasteiger partial charge >= 0.3 is 0 Å². The normalized spacial score (nSPS) is 12.3. The molecule has 0 saturated carbocycles. The highest BCUT2D eigenvalue weighted by atomic mass is 32.1. The lowest BCUT2D eigenvalue weighted by atomic mass is 10.2. The molecule has 6 nitrogen and oxygen atoms in total. The van der Waals surface area contributed by atoms with E-state index in [4.69, 9.17) is 5.73 Å². The van der Waals surface area contributed by atoms with Crippen LogP contribution in [0, 0.1) is 0 Å². The molecule has 0 unspecified atom stereocenters. The number of hydrogen-bond donors (Lipinski definition) is 2. The summed E-state index contributed by atoms with van der Waals surface area (Å²) in [5, 5.41) is 4.88. The van der Waals surface area contributed by atoms with Gasteiger partial charge in [-0.2, -0.15) is 0 Å². The summed E-state index contributed by atoms with van der Waals surface area (Å²) in [5.74, 6) is -0.165. The molecule has 0 radical (unpaired) electrons. The Kier molecular flexibility index (Phi) is 4.65. The molecule has 0 bridgehead atoms. The predicted molar refractivity (Wildman–Crippen MR) is 79.5 cm³/mol. The highest BCUT2D eigenvalue weighted by Crippen LogP contribution is 2.22. The molecule has 0 aliphatic rings. The number of nitrogen functional groups attached to an aromatic ring is 1. The third-order valence-electron chi connectivity index (χ3n) is 2.89. The van der Waals surface area contributed by atoms with Crippen molar-refractivity contribution in [2.24, 2.45) is 0 Å². The van der Waals surface area contributed by atoms with Crippen LogP contribution in [0.1, 0.15) is 21.4 Å². The Labute approximate surface area is 121 Å². The maximum atomic E-state index is 12.1. The number of anilines is 1. The van der Waals surface area contributed by atoms with Gasteiger partial charge in [0.2, 0.25) is 0 Å². The zero-order valence-corrected chi connectivity index (χ0v) is 12.2. The summed E-state index contributed by atoms with van der Waals surface area (Å²) >= 11 is 1.66. The van der Waals surface area contributed by atoms with Crippen molar-refractivity contribution in [1.29, 1.82) is 0 Å². The van der Waals surface area contributed by atoms with E-state index in [2.05, 4.69) is 26.3 Å². The Morgan fingerprint density at radius 1 is 1.45 bits per heavy atom. The minimum Gasteiger partial charge on any atom is -0.382 e. The fraction of sp³-hybridized carbons (Fsp3) is 0.308. The van der Waals surface area contributed by atoms with Gasteiger partial charge in [-0.1, -0.05) is 6.07 Å². The van der Waals surface area contributed by atoms with E-state index in [1.807, 2.05) is 25.5 Å². The van der Waals surface area contributed by atoms with Crippen molar-refractivity contribution in [2.75, 3.05) is 26.4 Å². The fourth-order valence-electron chi connectivity index (χ4n) is 1.82. The predicted octanol–water partition coefficient (Wildman–Crippen LogP) is 1.15. The first-order chi connectivity index (χ1) is 9.59. The van der Waals surface area contributed by atoms with Gasteiger partial charge in [-0.25, -0.2) is 9.97 Å². The number of thiophene rings is 1. The van der Waals surface area contributed by atoms with E-state index in [0.29, 0.717) is 6.54 Å². The molecule has 20 heavy (non-hydrogen) atoms. The molecule has 0 fully saturated rings. The maximum absolute atomic E-state index is 12.1. The van der Waals surface area contributed by atoms with Crippen LogP contribution in [0.15, 0.2) is 29.9 Å². The molecular formula is C13H17N5OS. The zero-order chi connectivity index (χ0) is 14.5. The summed E-state index contributed by atoms with van der Waals surface area (Å²) in [7, 11) is 3.96. The molecule has 7 heteroatoms. The minimum atomic E-state index is -0.306. The number of rotatable bonds is 5. The van der Waals surface area contributed by atoms with E-state index in [9.17, 15) is 4.79 Å². The van der Waals surface area contributed by atoms with Crippen molar-refractivity contribution in [3.05, 3.63) is 40.5 Å². The lowest BCUT2D eigenvalue weighted by Gasteiger charge is -2.23. The molecule has 1 atom stereocenters. The Morgan fingerprint density at radius 3 is 2.80 bits per heavy atom. The zero-order valence-electron chi connectivity index (χ0n) is 11.4. The molecular weight excluding hydrogens is 274 g/mol. The van der Waals surface area contributed by atoms with Gasteiger partial charge in [-0.05, 0) is 25.5 Å². The van der Waals surface area contributed by atoms with Crippen LogP contribution in [0.3, 0.4) is 0 Å². The van der Waals surface area contributed by atoms with Crippen molar-refractivity contribution in [3.63, 3.8) is 0 Å². The van der Waals surface area contributed by atoms with Crippen LogP contribution >= 0.6 is 11.3 Å². The number of likely N-dealkylation sites (N-methyl/N-ethyl adjacent to an activating group) is 1. The number of hydrogen-bond acceptors (Lipinski definition) is 6. The van der Waals surface area contributed by atoms with Gasteiger partial charge in [0.1, 0.15) is 0 Å². The fourth-order valence-corrected chi connectivity index (χ4v) is 2.74. The molecule has 0 aliphatic carbocycles. The second-order valence-electron chi connectivity index (χ2n) is 4.50. The van der Waals surface area contributed by atoms with E-state index >= 15 is 0 Å². The van der Waals surface area contributed by atoms with Gasteiger partial charge in [0, 0.05) is 23.8 Å². The van der Waals surface area contributed by atoms with Gasteiger partial charge < -0.3 is 16.0 Å². The third kappa shape index (κ3) is 3.31. The molecule has 0 aromatic carbocycles. The van der Waals surface area contributed by atoms with Crippen LogP contribution < -0.4 is 11.1 Å². The maximum Gasteiger partial charge on any atom is 0.273 e. The van der Waals surface area contributed by atoms with Gasteiger partial charge in [0.25, 0.3) is 5.91 Å². The SMILES string of the molecule is CN(C)[C@H](CNC(=O)c1nccnc1N)c1cccs1. The first-order valence-electron chi connectivity index (χ1n) is 6.14. The summed E-state index contributed by atoms with van der Waals surface area (Å²) in [5.41, 5.74) is 5.80. The number of aromatic nitrogens is 2. The summed E-state index contributed by atoms with van der Waals surface area (Å²) in [4.78, 5) is 23.1. The van der Waals surface area contributed by atoms with Gasteiger partial charge in [0.15, 0.2) is 11.5 Å². The second-order valence-corrected chi connectivity index (χ2v) is 5.47. The molecule has 0 aliphatic heterocycles. The first-order valence-corrected chi connectivity index (χ1v) is 7.02. The van der Waals surface area contributed by atoms with Gasteiger partial charge in [-0.15, -0.1) is 11.3 Å². The number of nitrogens with zero attached hydrogens (tertiary/aromatic N) is 3. The standard InChI is InChI=1S/C13H17N5OS/c1-18(2)9(10-4-3-7-20-10)8-17-13(19)11-12(14)16-6-5-15-11/h3-7,9H,8H2,1-2H3,(H2,14,16)(H,17,19)/t9-/m1/s1. The van der Waals surface area contributed by atoms with E-state index < -0.39 is 0 Å². The highest BCUT2D eigenvalue weighted by molar-refractivity contribution is 7.10. The van der Waals surface area contributed by atoms with Crippen LogP contribution in [0.25, 0.3) is 0 Å². The number of amides is 1. The molecule has 0 saturated heterocycles. The molecule has 1 amide bonds. The Balaban J connectivity index is 2.03. The molecule has 2 rings (SSSR count). The van der Waals surface area contributed by atoms with Crippen LogP contribution in [-0.2, 0) is 0 Å². The summed E-state index contributed by atoms with van der Waals surface area (Å²) < 4.78 is 0. The molecule has 3 N–H and O–H groups in total. The molecule has 2 heterocycles. The largest absolute Gasteiger partial charge is 0.382 e. The average molecular weight is 291 g/mol. The number of carbonyl (C=O) groups excluding carboxylic acids is 1. The quantitative estimate of drug-likeness (QED) is 0.863. The van der Waals surface area contributed by atoms with Crippen LogP contribution in [0.4, 0.5) is 5.82 Å². The van der Waals surface area contributed by atoms with Gasteiger partial charge in [-0.3, -0.25) is 4.79 Å². The Morgan fingerprint density at radius 2 is 2.20 bits per heavy atom. The number of carbonyl (C=O) groups is 1. The summed E-state index contributed by atoms with van der Waals surface area (Å²) in [6.07, 6.45) is 2.91. The number of nitrogens with one attached hydrogen (secondary N) is 1. The smallest absolute Gasteiger partial charge is 0.273 e. The minimum absolute atomic E-state index is 0.122. The monoisotopic (exact) mass is 291 g/mol. The Bertz CT molecular complexity index is 570. The molecule has 2 aromatic heterocycles. The van der Waals surface area contributed by atoms with Crippen molar-refractivity contribution >= 4 is 23.1 Å². The first kappa shape index (κ1) is 14.4. The highest BCUT2D eigenvalue weighted by Gasteiger charge is 2.18. The lowest BCUT2D eigenvalue weighted by molar-refractivity contribution is 0.0938. The average Bonchev–Trinajstić information content (AvgIpc) is 2.92. The second kappa shape index (κ2) is 6.44. The van der Waals surface area contributed by atoms with Crippen molar-refractivity contribution in [2.45, 2.75) is 6.04 Å². The topological polar surface area (TPSA) is 84.1 Å². The van der Waals surface area contributed by atoms with E-state index in [0.717, 1.165) is 0 Å².